The number of amides is 1. The molecule has 2 rings (SSSR count). The number of pyridine rings is 1. The number of ether oxygens (including phenoxy) is 1. The van der Waals surface area contributed by atoms with Crippen molar-refractivity contribution in [1.29, 1.82) is 0 Å². The van der Waals surface area contributed by atoms with Gasteiger partial charge in [0.1, 0.15) is 5.69 Å². The summed E-state index contributed by atoms with van der Waals surface area (Å²) in [5, 5.41) is 2.97. The largest absolute Gasteiger partial charge is 0.473 e. The molecule has 2 atom stereocenters. The number of carbonyl (C=O) groups is 1. The van der Waals surface area contributed by atoms with Crippen LogP contribution in [0.5, 0.6) is 5.88 Å². The fourth-order valence-electron chi connectivity index (χ4n) is 2.86. The van der Waals surface area contributed by atoms with Gasteiger partial charge < -0.3 is 15.8 Å². The fraction of sp³-hybridized carbons (Fsp3) is 0.625. The van der Waals surface area contributed by atoms with Crippen molar-refractivity contribution in [3.63, 3.8) is 0 Å². The molecule has 1 heterocycles. The summed E-state index contributed by atoms with van der Waals surface area (Å²) < 4.78 is 5.64. The average molecular weight is 291 g/mol. The van der Waals surface area contributed by atoms with Gasteiger partial charge in [-0.1, -0.05) is 12.8 Å². The minimum Gasteiger partial charge on any atom is -0.473 e. The second-order valence-electron chi connectivity index (χ2n) is 5.90. The maximum atomic E-state index is 12.5. The molecule has 0 radical (unpaired) electrons. The topological polar surface area (TPSA) is 77.2 Å². The van der Waals surface area contributed by atoms with Crippen LogP contribution in [0.1, 0.15) is 39.5 Å². The van der Waals surface area contributed by atoms with Crippen molar-refractivity contribution in [3.8, 4) is 5.88 Å². The third kappa shape index (κ3) is 4.17. The van der Waals surface area contributed by atoms with Crippen LogP contribution in [0.3, 0.4) is 0 Å². The van der Waals surface area contributed by atoms with Gasteiger partial charge in [0.15, 0.2) is 0 Å². The molecule has 1 fully saturated rings. The number of nitrogens with one attached hydrogen (secondary N) is 1. The molecule has 116 valence electrons. The van der Waals surface area contributed by atoms with Crippen molar-refractivity contribution in [2.75, 3.05) is 11.9 Å². The molecule has 2 unspecified atom stereocenters. The van der Waals surface area contributed by atoms with Gasteiger partial charge in [0.25, 0.3) is 0 Å². The molecule has 1 amide bonds. The Labute approximate surface area is 126 Å². The molecule has 1 saturated carbocycles. The standard InChI is InChI=1S/C16H25N3O2/c1-11(2)21-16-14(8-5-9-18-16)19-15(20)13-7-4-3-6-12(13)10-17/h5,8-9,11-13H,3-4,6-7,10,17H2,1-2H3,(H,19,20). The van der Waals surface area contributed by atoms with Gasteiger partial charge in [0.05, 0.1) is 6.10 Å². The highest BCUT2D eigenvalue weighted by Crippen LogP contribution is 2.31. The van der Waals surface area contributed by atoms with E-state index < -0.39 is 0 Å². The highest BCUT2D eigenvalue weighted by atomic mass is 16.5. The molecule has 1 aromatic heterocycles. The van der Waals surface area contributed by atoms with Crippen molar-refractivity contribution in [1.82, 2.24) is 4.98 Å². The Kier molecular flexibility index (Phi) is 5.56. The summed E-state index contributed by atoms with van der Waals surface area (Å²) in [6.07, 6.45) is 5.89. The van der Waals surface area contributed by atoms with E-state index in [1.165, 1.54) is 6.42 Å². The van der Waals surface area contributed by atoms with Crippen LogP contribution in [-0.2, 0) is 4.79 Å². The first-order valence-corrected chi connectivity index (χ1v) is 7.74. The van der Waals surface area contributed by atoms with Gasteiger partial charge in [-0.25, -0.2) is 4.98 Å². The number of carbonyl (C=O) groups excluding carboxylic acids is 1. The van der Waals surface area contributed by atoms with E-state index >= 15 is 0 Å². The molecule has 0 spiro atoms. The SMILES string of the molecule is CC(C)Oc1ncccc1NC(=O)C1CCCCC1CN. The number of nitrogens with zero attached hydrogens (tertiary/aromatic N) is 1. The summed E-state index contributed by atoms with van der Waals surface area (Å²) in [5.74, 6) is 0.786. The minimum absolute atomic E-state index is 0.00384. The molecule has 0 bridgehead atoms. The smallest absolute Gasteiger partial charge is 0.238 e. The zero-order valence-electron chi connectivity index (χ0n) is 12.8. The molecule has 3 N–H and O–H groups in total. The lowest BCUT2D eigenvalue weighted by atomic mass is 9.78. The summed E-state index contributed by atoms with van der Waals surface area (Å²) in [6.45, 7) is 4.44. The van der Waals surface area contributed by atoms with Crippen LogP contribution in [0.25, 0.3) is 0 Å². The molecule has 0 aliphatic heterocycles. The number of hydrogen-bond acceptors (Lipinski definition) is 4. The maximum absolute atomic E-state index is 12.5. The van der Waals surface area contributed by atoms with Gasteiger partial charge in [-0.05, 0) is 51.3 Å². The van der Waals surface area contributed by atoms with E-state index in [2.05, 4.69) is 10.3 Å². The van der Waals surface area contributed by atoms with Crippen molar-refractivity contribution in [2.24, 2.45) is 17.6 Å². The first kappa shape index (κ1) is 15.8. The number of aromatic nitrogens is 1. The van der Waals surface area contributed by atoms with Crippen LogP contribution in [-0.4, -0.2) is 23.5 Å². The Morgan fingerprint density at radius 1 is 1.48 bits per heavy atom. The monoisotopic (exact) mass is 291 g/mol. The number of rotatable bonds is 5. The van der Waals surface area contributed by atoms with Crippen LogP contribution < -0.4 is 15.8 Å². The summed E-state index contributed by atoms with van der Waals surface area (Å²) >= 11 is 0. The number of anilines is 1. The van der Waals surface area contributed by atoms with E-state index in [9.17, 15) is 4.79 Å². The van der Waals surface area contributed by atoms with Crippen molar-refractivity contribution < 1.29 is 9.53 Å². The van der Waals surface area contributed by atoms with E-state index in [0.29, 0.717) is 18.1 Å². The van der Waals surface area contributed by atoms with E-state index in [1.54, 1.807) is 12.3 Å². The molecule has 1 aliphatic carbocycles. The lowest BCUT2D eigenvalue weighted by molar-refractivity contribution is -0.122. The van der Waals surface area contributed by atoms with Crippen LogP contribution in [0.4, 0.5) is 5.69 Å². The van der Waals surface area contributed by atoms with Gasteiger partial charge >= 0.3 is 0 Å². The first-order chi connectivity index (χ1) is 10.1. The van der Waals surface area contributed by atoms with Gasteiger partial charge in [-0.2, -0.15) is 0 Å². The first-order valence-electron chi connectivity index (χ1n) is 7.74. The Morgan fingerprint density at radius 2 is 2.24 bits per heavy atom. The van der Waals surface area contributed by atoms with Crippen molar-refractivity contribution >= 4 is 11.6 Å². The predicted octanol–water partition coefficient (Wildman–Crippen LogP) is 2.57. The summed E-state index contributed by atoms with van der Waals surface area (Å²) in [4.78, 5) is 16.7. The summed E-state index contributed by atoms with van der Waals surface area (Å²) in [7, 11) is 0. The van der Waals surface area contributed by atoms with Gasteiger partial charge in [-0.15, -0.1) is 0 Å². The molecule has 0 saturated heterocycles. The molecule has 21 heavy (non-hydrogen) atoms. The highest BCUT2D eigenvalue weighted by Gasteiger charge is 2.30. The van der Waals surface area contributed by atoms with Crippen LogP contribution >= 0.6 is 0 Å². The second kappa shape index (κ2) is 7.41. The molecule has 5 nitrogen and oxygen atoms in total. The van der Waals surface area contributed by atoms with E-state index in [-0.39, 0.29) is 23.8 Å². The lowest BCUT2D eigenvalue weighted by Gasteiger charge is -2.29. The van der Waals surface area contributed by atoms with Crippen LogP contribution in [0, 0.1) is 11.8 Å². The third-order valence-corrected chi connectivity index (χ3v) is 3.92. The zero-order chi connectivity index (χ0) is 15.2. The molecule has 5 heteroatoms. The zero-order valence-corrected chi connectivity index (χ0v) is 12.8. The van der Waals surface area contributed by atoms with Crippen LogP contribution in [0.15, 0.2) is 18.3 Å². The maximum Gasteiger partial charge on any atom is 0.238 e. The minimum atomic E-state index is -0.00384. The quantitative estimate of drug-likeness (QED) is 0.874. The molecule has 1 aliphatic rings. The summed E-state index contributed by atoms with van der Waals surface area (Å²) in [5.41, 5.74) is 6.44. The molecule has 1 aromatic rings. The van der Waals surface area contributed by atoms with Crippen molar-refractivity contribution in [3.05, 3.63) is 18.3 Å². The van der Waals surface area contributed by atoms with Gasteiger partial charge in [0.2, 0.25) is 11.8 Å². The highest BCUT2D eigenvalue weighted by molar-refractivity contribution is 5.93. The number of nitrogens with two attached hydrogens (primary N) is 1. The molecule has 0 aromatic carbocycles. The third-order valence-electron chi connectivity index (χ3n) is 3.92. The normalized spacial score (nSPS) is 22.1. The second-order valence-corrected chi connectivity index (χ2v) is 5.90. The van der Waals surface area contributed by atoms with Crippen LogP contribution in [0.2, 0.25) is 0 Å². The summed E-state index contributed by atoms with van der Waals surface area (Å²) in [6, 6.07) is 3.62. The molecular formula is C16H25N3O2. The Hall–Kier alpha value is -1.62. The Morgan fingerprint density at radius 3 is 2.95 bits per heavy atom. The van der Waals surface area contributed by atoms with E-state index in [1.807, 2.05) is 19.9 Å². The van der Waals surface area contributed by atoms with E-state index in [4.69, 9.17) is 10.5 Å². The van der Waals surface area contributed by atoms with E-state index in [0.717, 1.165) is 19.3 Å². The lowest BCUT2D eigenvalue weighted by Crippen LogP contribution is -2.35. The predicted molar refractivity (Wildman–Crippen MR) is 83.1 cm³/mol. The van der Waals surface area contributed by atoms with Gasteiger partial charge in [0, 0.05) is 12.1 Å². The van der Waals surface area contributed by atoms with Gasteiger partial charge in [-0.3, -0.25) is 4.79 Å². The Bertz CT molecular complexity index is 476. The van der Waals surface area contributed by atoms with Crippen molar-refractivity contribution in [2.45, 2.75) is 45.6 Å². The fourth-order valence-corrected chi connectivity index (χ4v) is 2.86. The average Bonchev–Trinajstić information content (AvgIpc) is 2.48. The Balaban J connectivity index is 2.08. The molecular weight excluding hydrogens is 266 g/mol. The number of hydrogen-bond donors (Lipinski definition) is 2.